The van der Waals surface area contributed by atoms with Crippen LogP contribution in [0.1, 0.15) is 28.5 Å². The zero-order valence-corrected chi connectivity index (χ0v) is 15.7. The fourth-order valence-corrected chi connectivity index (χ4v) is 3.43. The van der Waals surface area contributed by atoms with Crippen LogP contribution in [0.2, 0.25) is 0 Å². The van der Waals surface area contributed by atoms with Crippen molar-refractivity contribution in [3.05, 3.63) is 64.9 Å². The molecule has 0 radical (unpaired) electrons. The zero-order chi connectivity index (χ0) is 19.1. The average Bonchev–Trinajstić information content (AvgIpc) is 3.30. The maximum atomic E-state index is 9.77. The summed E-state index contributed by atoms with van der Waals surface area (Å²) in [5.74, 6) is 2.15. The van der Waals surface area contributed by atoms with E-state index in [0.717, 1.165) is 39.6 Å². The first-order chi connectivity index (χ1) is 13.0. The Kier molecular flexibility index (Phi) is 3.93. The second-order valence-electron chi connectivity index (χ2n) is 6.61. The number of aromatic nitrogens is 4. The van der Waals surface area contributed by atoms with Gasteiger partial charge in [0.25, 0.3) is 0 Å². The molecule has 0 saturated carbocycles. The van der Waals surface area contributed by atoms with E-state index in [4.69, 9.17) is 4.52 Å². The second kappa shape index (κ2) is 6.29. The predicted molar refractivity (Wildman–Crippen MR) is 104 cm³/mol. The van der Waals surface area contributed by atoms with Crippen molar-refractivity contribution < 1.29 is 4.52 Å². The first kappa shape index (κ1) is 16.9. The zero-order valence-electron chi connectivity index (χ0n) is 15.7. The maximum absolute atomic E-state index is 9.77. The van der Waals surface area contributed by atoms with E-state index >= 15 is 0 Å². The van der Waals surface area contributed by atoms with Gasteiger partial charge in [0.05, 0.1) is 16.6 Å². The van der Waals surface area contributed by atoms with Gasteiger partial charge in [-0.2, -0.15) is 5.26 Å². The number of nitriles is 1. The first-order valence-corrected chi connectivity index (χ1v) is 8.66. The van der Waals surface area contributed by atoms with E-state index in [-0.39, 0.29) is 0 Å². The van der Waals surface area contributed by atoms with Crippen LogP contribution in [0, 0.1) is 32.1 Å². The third kappa shape index (κ3) is 2.74. The molecule has 0 N–H and O–H groups in total. The van der Waals surface area contributed by atoms with E-state index in [0.29, 0.717) is 11.4 Å². The number of rotatable bonds is 3. The molecule has 0 aliphatic heterocycles. The highest BCUT2D eigenvalue weighted by molar-refractivity contribution is 5.91. The summed E-state index contributed by atoms with van der Waals surface area (Å²) in [5.41, 5.74) is 5.36. The Morgan fingerprint density at radius 3 is 2.63 bits per heavy atom. The van der Waals surface area contributed by atoms with E-state index in [1.807, 2.05) is 79.4 Å². The van der Waals surface area contributed by atoms with E-state index in [1.165, 1.54) is 0 Å². The number of fused-ring (bicyclic) bond motifs is 1. The van der Waals surface area contributed by atoms with Gasteiger partial charge in [0.15, 0.2) is 11.6 Å². The number of para-hydroxylation sites is 2. The number of aryl methyl sites for hydroxylation is 3. The van der Waals surface area contributed by atoms with Crippen molar-refractivity contribution in [1.29, 1.82) is 5.26 Å². The molecular weight excluding hydrogens is 338 g/mol. The molecule has 0 fully saturated rings. The van der Waals surface area contributed by atoms with Crippen LogP contribution in [0.25, 0.3) is 28.5 Å². The summed E-state index contributed by atoms with van der Waals surface area (Å²) in [6.07, 6.45) is 1.88. The molecule has 0 amide bonds. The third-order valence-electron chi connectivity index (χ3n) is 4.76. The molecule has 3 heterocycles. The molecule has 27 heavy (non-hydrogen) atoms. The smallest absolute Gasteiger partial charge is 0.180 e. The molecule has 1 aromatic carbocycles. The Hall–Kier alpha value is -3.59. The molecule has 134 valence electrons. The first-order valence-electron chi connectivity index (χ1n) is 8.66. The van der Waals surface area contributed by atoms with Crippen LogP contribution >= 0.6 is 0 Å². The van der Waals surface area contributed by atoms with Gasteiger partial charge in [-0.1, -0.05) is 17.3 Å². The fraction of sp³-hybridized carbons (Fsp3) is 0.190. The van der Waals surface area contributed by atoms with Crippen LogP contribution in [0.5, 0.6) is 0 Å². The van der Waals surface area contributed by atoms with Gasteiger partial charge in [-0.05, 0) is 50.6 Å². The summed E-state index contributed by atoms with van der Waals surface area (Å²) in [6.45, 7) is 5.88. The van der Waals surface area contributed by atoms with Crippen LogP contribution in [0.15, 0.2) is 40.9 Å². The summed E-state index contributed by atoms with van der Waals surface area (Å²) in [6, 6.07) is 14.1. The van der Waals surface area contributed by atoms with E-state index in [2.05, 4.69) is 16.2 Å². The molecule has 4 rings (SSSR count). The Morgan fingerprint density at radius 2 is 1.96 bits per heavy atom. The van der Waals surface area contributed by atoms with Crippen LogP contribution in [0.3, 0.4) is 0 Å². The maximum Gasteiger partial charge on any atom is 0.180 e. The van der Waals surface area contributed by atoms with Crippen LogP contribution in [-0.4, -0.2) is 19.3 Å². The number of hydrogen-bond acceptors (Lipinski definition) is 4. The van der Waals surface area contributed by atoms with Crippen molar-refractivity contribution in [2.24, 2.45) is 7.05 Å². The topological polar surface area (TPSA) is 72.6 Å². The van der Waals surface area contributed by atoms with Gasteiger partial charge in [0, 0.05) is 24.5 Å². The van der Waals surface area contributed by atoms with Gasteiger partial charge in [0.1, 0.15) is 11.8 Å². The van der Waals surface area contributed by atoms with Crippen LogP contribution in [0.4, 0.5) is 0 Å². The molecular formula is C21H19N5O. The van der Waals surface area contributed by atoms with Crippen molar-refractivity contribution in [1.82, 2.24) is 19.3 Å². The lowest BCUT2D eigenvalue weighted by Gasteiger charge is -2.04. The van der Waals surface area contributed by atoms with Crippen molar-refractivity contribution in [3.8, 4) is 11.9 Å². The second-order valence-corrected chi connectivity index (χ2v) is 6.61. The lowest BCUT2D eigenvalue weighted by Crippen LogP contribution is -1.99. The quantitative estimate of drug-likeness (QED) is 0.511. The highest BCUT2D eigenvalue weighted by atomic mass is 16.5. The Balaban J connectivity index is 1.84. The highest BCUT2D eigenvalue weighted by Gasteiger charge is 2.16. The number of benzene rings is 1. The van der Waals surface area contributed by atoms with Gasteiger partial charge in [0.2, 0.25) is 0 Å². The summed E-state index contributed by atoms with van der Waals surface area (Å²) in [4.78, 5) is 4.64. The summed E-state index contributed by atoms with van der Waals surface area (Å²) >= 11 is 0. The molecule has 6 nitrogen and oxygen atoms in total. The van der Waals surface area contributed by atoms with Crippen molar-refractivity contribution in [2.45, 2.75) is 20.8 Å². The SMILES string of the molecule is Cc1cc(-n2c(C)cc(/C=C(/C#N)c3nc4ccccc4n3C)c2C)no1. The summed E-state index contributed by atoms with van der Waals surface area (Å²) < 4.78 is 9.18. The molecule has 0 spiro atoms. The monoisotopic (exact) mass is 357 g/mol. The van der Waals surface area contributed by atoms with Crippen molar-refractivity contribution >= 4 is 22.7 Å². The minimum atomic E-state index is 0.519. The van der Waals surface area contributed by atoms with Gasteiger partial charge < -0.3 is 9.09 Å². The average molecular weight is 357 g/mol. The standard InChI is InChI=1S/C21H19N5O/c1-13-9-16(15(3)26(13)20-10-14(2)27-24-20)11-17(12-22)21-23-18-7-5-6-8-19(18)25(21)4/h5-11H,1-4H3/b17-11-. The fourth-order valence-electron chi connectivity index (χ4n) is 3.43. The molecule has 0 aliphatic carbocycles. The normalized spacial score (nSPS) is 11.9. The van der Waals surface area contributed by atoms with Gasteiger partial charge >= 0.3 is 0 Å². The Morgan fingerprint density at radius 1 is 1.19 bits per heavy atom. The third-order valence-corrected chi connectivity index (χ3v) is 4.76. The molecule has 6 heteroatoms. The minimum absolute atomic E-state index is 0.519. The van der Waals surface area contributed by atoms with Crippen molar-refractivity contribution in [2.75, 3.05) is 0 Å². The molecule has 3 aromatic heterocycles. The molecule has 0 saturated heterocycles. The minimum Gasteiger partial charge on any atom is -0.360 e. The number of allylic oxidation sites excluding steroid dienone is 1. The largest absolute Gasteiger partial charge is 0.360 e. The molecule has 0 bridgehead atoms. The van der Waals surface area contributed by atoms with E-state index < -0.39 is 0 Å². The lowest BCUT2D eigenvalue weighted by atomic mass is 10.1. The Bertz CT molecular complexity index is 1230. The van der Waals surface area contributed by atoms with Crippen molar-refractivity contribution in [3.63, 3.8) is 0 Å². The summed E-state index contributed by atoms with van der Waals surface area (Å²) in [7, 11) is 1.93. The molecule has 0 aliphatic rings. The number of hydrogen-bond donors (Lipinski definition) is 0. The molecule has 0 atom stereocenters. The van der Waals surface area contributed by atoms with Gasteiger partial charge in [-0.3, -0.25) is 4.57 Å². The van der Waals surface area contributed by atoms with Crippen LogP contribution in [-0.2, 0) is 7.05 Å². The van der Waals surface area contributed by atoms with Crippen LogP contribution < -0.4 is 0 Å². The predicted octanol–water partition coefficient (Wildman–Crippen LogP) is 4.34. The van der Waals surface area contributed by atoms with Gasteiger partial charge in [-0.15, -0.1) is 0 Å². The van der Waals surface area contributed by atoms with E-state index in [1.54, 1.807) is 0 Å². The lowest BCUT2D eigenvalue weighted by molar-refractivity contribution is 0.394. The number of imidazole rings is 1. The molecule has 0 unspecified atom stereocenters. The molecule has 4 aromatic rings. The number of nitrogens with zero attached hydrogens (tertiary/aromatic N) is 5. The van der Waals surface area contributed by atoms with E-state index in [9.17, 15) is 5.26 Å². The highest BCUT2D eigenvalue weighted by Crippen LogP contribution is 2.26. The summed E-state index contributed by atoms with van der Waals surface area (Å²) in [5, 5.41) is 13.9. The Labute approximate surface area is 157 Å². The van der Waals surface area contributed by atoms with Gasteiger partial charge in [-0.25, -0.2) is 4.98 Å².